The molecule has 1 unspecified atom stereocenters. The number of rotatable bonds is 1. The highest BCUT2D eigenvalue weighted by Gasteiger charge is 2.46. The maximum absolute atomic E-state index is 10.8. The average Bonchev–Trinajstić information content (AvgIpc) is 1.95. The summed E-state index contributed by atoms with van der Waals surface area (Å²) in [5, 5.41) is 8.57. The summed E-state index contributed by atoms with van der Waals surface area (Å²) in [6.45, 7) is 1.08. The van der Waals surface area contributed by atoms with Crippen LogP contribution in [0.2, 0.25) is 0 Å². The second-order valence-corrected chi connectivity index (χ2v) is 2.45. The van der Waals surface area contributed by atoms with Crippen LogP contribution in [-0.2, 0) is 18.9 Å². The molecule has 0 amide bonds. The first kappa shape index (κ1) is 8.07. The van der Waals surface area contributed by atoms with Crippen molar-refractivity contribution >= 4 is 19.6 Å². The largest absolute Gasteiger partial charge is 0.574 e. The average molecular weight is 157 g/mol. The highest BCUT2D eigenvalue weighted by molar-refractivity contribution is 6.25. The molecule has 1 rings (SSSR count). The van der Waals surface area contributed by atoms with Crippen molar-refractivity contribution in [2.24, 2.45) is 5.41 Å². The standard InChI is InChI=1S/C5H6BO5/c1-5(3(7)8)2-10-6-11-4(5)9/h2H2,1H3,(H,7,8). The highest BCUT2D eigenvalue weighted by atomic mass is 16.6. The van der Waals surface area contributed by atoms with Gasteiger partial charge in [0.15, 0.2) is 5.41 Å². The maximum atomic E-state index is 10.8. The minimum atomic E-state index is -1.56. The molecule has 1 aliphatic rings. The third-order valence-electron chi connectivity index (χ3n) is 1.52. The summed E-state index contributed by atoms with van der Waals surface area (Å²) in [5.74, 6) is -2.04. The molecule has 11 heavy (non-hydrogen) atoms. The number of carbonyl (C=O) groups excluding carboxylic acids is 1. The van der Waals surface area contributed by atoms with Gasteiger partial charge in [-0.1, -0.05) is 0 Å². The van der Waals surface area contributed by atoms with E-state index in [-0.39, 0.29) is 6.61 Å². The van der Waals surface area contributed by atoms with Crippen LogP contribution in [0, 0.1) is 5.41 Å². The minimum absolute atomic E-state index is 0.179. The molecule has 1 heterocycles. The quantitative estimate of drug-likeness (QED) is 0.397. The van der Waals surface area contributed by atoms with E-state index in [0.29, 0.717) is 0 Å². The van der Waals surface area contributed by atoms with E-state index in [4.69, 9.17) is 5.11 Å². The molecule has 0 aliphatic carbocycles. The van der Waals surface area contributed by atoms with Crippen molar-refractivity contribution in [2.45, 2.75) is 6.92 Å². The van der Waals surface area contributed by atoms with Crippen molar-refractivity contribution in [1.82, 2.24) is 0 Å². The molecule has 0 aromatic heterocycles. The van der Waals surface area contributed by atoms with Crippen molar-refractivity contribution in [3.63, 3.8) is 0 Å². The summed E-state index contributed by atoms with van der Waals surface area (Å²) < 4.78 is 8.86. The summed E-state index contributed by atoms with van der Waals surface area (Å²) >= 11 is 0. The van der Waals surface area contributed by atoms with Crippen LogP contribution in [0.3, 0.4) is 0 Å². The molecular weight excluding hydrogens is 151 g/mol. The zero-order valence-electron chi connectivity index (χ0n) is 5.86. The first-order valence-electron chi connectivity index (χ1n) is 2.95. The van der Waals surface area contributed by atoms with Gasteiger partial charge in [0.05, 0.1) is 6.61 Å². The minimum Gasteiger partial charge on any atom is -0.510 e. The van der Waals surface area contributed by atoms with E-state index in [2.05, 4.69) is 9.31 Å². The predicted molar refractivity (Wildman–Crippen MR) is 33.5 cm³/mol. The van der Waals surface area contributed by atoms with E-state index in [9.17, 15) is 9.59 Å². The Bertz CT molecular complexity index is 203. The molecule has 1 saturated heterocycles. The van der Waals surface area contributed by atoms with Crippen molar-refractivity contribution in [1.29, 1.82) is 0 Å². The van der Waals surface area contributed by atoms with Gasteiger partial charge in [0.25, 0.3) is 0 Å². The Morgan fingerprint density at radius 3 is 2.82 bits per heavy atom. The van der Waals surface area contributed by atoms with E-state index in [1.165, 1.54) is 6.92 Å². The first-order valence-corrected chi connectivity index (χ1v) is 2.95. The lowest BCUT2D eigenvalue weighted by Gasteiger charge is -2.26. The monoisotopic (exact) mass is 157 g/mol. The molecule has 0 bridgehead atoms. The van der Waals surface area contributed by atoms with E-state index in [0.717, 1.165) is 7.69 Å². The molecule has 1 N–H and O–H groups in total. The molecule has 0 aromatic carbocycles. The summed E-state index contributed by atoms with van der Waals surface area (Å²) in [6.07, 6.45) is 0. The second kappa shape index (κ2) is 2.54. The third-order valence-corrected chi connectivity index (χ3v) is 1.52. The molecule has 0 aromatic rings. The fourth-order valence-corrected chi connectivity index (χ4v) is 0.616. The first-order chi connectivity index (χ1) is 5.07. The van der Waals surface area contributed by atoms with Crippen molar-refractivity contribution in [3.05, 3.63) is 0 Å². The zero-order chi connectivity index (χ0) is 8.48. The molecule has 1 fully saturated rings. The normalized spacial score (nSPS) is 30.5. The summed E-state index contributed by atoms with van der Waals surface area (Å²) in [5.41, 5.74) is -1.56. The van der Waals surface area contributed by atoms with Crippen LogP contribution < -0.4 is 0 Å². The highest BCUT2D eigenvalue weighted by Crippen LogP contribution is 2.21. The van der Waals surface area contributed by atoms with Gasteiger partial charge in [-0.2, -0.15) is 0 Å². The summed E-state index contributed by atoms with van der Waals surface area (Å²) in [7, 11) is 0.840. The van der Waals surface area contributed by atoms with Crippen LogP contribution in [0.15, 0.2) is 0 Å². The number of carboxylic acid groups (broad SMARTS) is 1. The van der Waals surface area contributed by atoms with Crippen LogP contribution in [0.1, 0.15) is 6.92 Å². The van der Waals surface area contributed by atoms with Gasteiger partial charge in [-0.15, -0.1) is 0 Å². The smallest absolute Gasteiger partial charge is 0.510 e. The van der Waals surface area contributed by atoms with Crippen LogP contribution >= 0.6 is 0 Å². The number of carboxylic acids is 1. The van der Waals surface area contributed by atoms with E-state index in [1.807, 2.05) is 0 Å². The SMILES string of the molecule is CC1(C(=O)O)CO[B]OC1=O. The van der Waals surface area contributed by atoms with Crippen molar-refractivity contribution < 1.29 is 24.0 Å². The Morgan fingerprint density at radius 2 is 2.45 bits per heavy atom. The Balaban J connectivity index is 2.81. The number of carbonyl (C=O) groups is 2. The van der Waals surface area contributed by atoms with Gasteiger partial charge in [0.1, 0.15) is 0 Å². The van der Waals surface area contributed by atoms with Gasteiger partial charge in [0, 0.05) is 0 Å². The molecule has 0 spiro atoms. The lowest BCUT2D eigenvalue weighted by molar-refractivity contribution is -0.168. The lowest BCUT2D eigenvalue weighted by Crippen LogP contribution is -2.46. The molecule has 1 radical (unpaired) electrons. The topological polar surface area (TPSA) is 72.8 Å². The number of hydrogen-bond acceptors (Lipinski definition) is 4. The van der Waals surface area contributed by atoms with Gasteiger partial charge < -0.3 is 14.4 Å². The zero-order valence-corrected chi connectivity index (χ0v) is 5.86. The van der Waals surface area contributed by atoms with Crippen LogP contribution in [0.4, 0.5) is 0 Å². The lowest BCUT2D eigenvalue weighted by atomic mass is 9.90. The van der Waals surface area contributed by atoms with Crippen LogP contribution in [-0.4, -0.2) is 31.3 Å². The van der Waals surface area contributed by atoms with Gasteiger partial charge in [-0.05, 0) is 6.92 Å². The third kappa shape index (κ3) is 1.21. The van der Waals surface area contributed by atoms with E-state index < -0.39 is 17.4 Å². The Kier molecular flexibility index (Phi) is 1.86. The maximum Gasteiger partial charge on any atom is 0.574 e. The number of aliphatic carboxylic acids is 1. The van der Waals surface area contributed by atoms with Gasteiger partial charge >= 0.3 is 19.6 Å². The van der Waals surface area contributed by atoms with Gasteiger partial charge in [-0.3, -0.25) is 9.59 Å². The van der Waals surface area contributed by atoms with Crippen LogP contribution in [0.25, 0.3) is 0 Å². The molecule has 0 saturated carbocycles. The van der Waals surface area contributed by atoms with Gasteiger partial charge in [0.2, 0.25) is 0 Å². The van der Waals surface area contributed by atoms with E-state index in [1.54, 1.807) is 0 Å². The predicted octanol–water partition coefficient (Wildman–Crippen LogP) is -0.815. The van der Waals surface area contributed by atoms with Crippen LogP contribution in [0.5, 0.6) is 0 Å². The second-order valence-electron chi connectivity index (χ2n) is 2.45. The van der Waals surface area contributed by atoms with E-state index >= 15 is 0 Å². The summed E-state index contributed by atoms with van der Waals surface area (Å²) in [6, 6.07) is 0. The number of hydrogen-bond donors (Lipinski definition) is 1. The fraction of sp³-hybridized carbons (Fsp3) is 0.600. The molecule has 5 nitrogen and oxygen atoms in total. The van der Waals surface area contributed by atoms with Crippen molar-refractivity contribution in [3.8, 4) is 0 Å². The molecule has 1 aliphatic heterocycles. The van der Waals surface area contributed by atoms with Crippen molar-refractivity contribution in [2.75, 3.05) is 6.61 Å². The summed E-state index contributed by atoms with van der Waals surface area (Å²) in [4.78, 5) is 21.3. The fourth-order valence-electron chi connectivity index (χ4n) is 0.616. The Morgan fingerprint density at radius 1 is 1.82 bits per heavy atom. The van der Waals surface area contributed by atoms with Gasteiger partial charge in [-0.25, -0.2) is 0 Å². The molecule has 6 heteroatoms. The molecule has 59 valence electrons. The molecule has 1 atom stereocenters. The Hall–Kier alpha value is -1.04. The Labute approximate surface area is 63.6 Å². The molecular formula is C5H6BO5.